The number of carbonyl (C=O) groups is 1. The van der Waals surface area contributed by atoms with Crippen molar-refractivity contribution in [3.05, 3.63) is 58.6 Å². The van der Waals surface area contributed by atoms with E-state index >= 15 is 0 Å². The molecule has 1 aliphatic rings. The Labute approximate surface area is 153 Å². The number of aryl methyl sites for hydroxylation is 1. The second-order valence-electron chi connectivity index (χ2n) is 6.92. The lowest BCUT2D eigenvalue weighted by Gasteiger charge is -2.37. The fraction of sp³-hybridized carbons (Fsp3) is 0.350. The molecule has 4 nitrogen and oxygen atoms in total. The molecule has 1 aliphatic heterocycles. The number of halogens is 1. The zero-order valence-corrected chi connectivity index (χ0v) is 15.4. The summed E-state index contributed by atoms with van der Waals surface area (Å²) >= 11 is 6.00. The van der Waals surface area contributed by atoms with Crippen LogP contribution in [0.15, 0.2) is 42.5 Å². The molecule has 132 valence electrons. The molecule has 0 aliphatic carbocycles. The van der Waals surface area contributed by atoms with Crippen LogP contribution >= 0.6 is 11.6 Å². The summed E-state index contributed by atoms with van der Waals surface area (Å²) in [5.41, 5.74) is 1.58. The number of hydrogen-bond donors (Lipinski definition) is 1. The molecular formula is C20H22ClNO3. The van der Waals surface area contributed by atoms with Crippen molar-refractivity contribution in [2.24, 2.45) is 0 Å². The summed E-state index contributed by atoms with van der Waals surface area (Å²) in [7, 11) is 0. The van der Waals surface area contributed by atoms with Crippen LogP contribution in [0.4, 0.5) is 0 Å². The molecule has 1 unspecified atom stereocenters. The highest BCUT2D eigenvalue weighted by atomic mass is 35.5. The number of ether oxygens (including phenoxy) is 2. The van der Waals surface area contributed by atoms with Crippen LogP contribution in [0.2, 0.25) is 5.02 Å². The van der Waals surface area contributed by atoms with Crippen LogP contribution < -0.4 is 14.8 Å². The zero-order chi connectivity index (χ0) is 18.0. The Kier molecular flexibility index (Phi) is 4.91. The third-order valence-electron chi connectivity index (χ3n) is 4.21. The molecule has 2 aromatic carbocycles. The van der Waals surface area contributed by atoms with Gasteiger partial charge in [0, 0.05) is 17.0 Å². The maximum atomic E-state index is 12.4. The topological polar surface area (TPSA) is 47.6 Å². The molecule has 1 N–H and O–H groups in total. The molecule has 0 aromatic heterocycles. The Hall–Kier alpha value is -2.20. The molecule has 1 amide bonds. The van der Waals surface area contributed by atoms with E-state index in [2.05, 4.69) is 5.32 Å². The predicted molar refractivity (Wildman–Crippen MR) is 98.3 cm³/mol. The van der Waals surface area contributed by atoms with Gasteiger partial charge in [0.1, 0.15) is 17.1 Å². The summed E-state index contributed by atoms with van der Waals surface area (Å²) in [6, 6.07) is 13.1. The number of nitrogens with one attached hydrogen (secondary N) is 1. The summed E-state index contributed by atoms with van der Waals surface area (Å²) < 4.78 is 11.6. The smallest absolute Gasteiger partial charge is 0.258 e. The minimum atomic E-state index is -0.333. The maximum Gasteiger partial charge on any atom is 0.258 e. The van der Waals surface area contributed by atoms with Crippen LogP contribution in [0, 0.1) is 6.92 Å². The Morgan fingerprint density at radius 3 is 2.84 bits per heavy atom. The van der Waals surface area contributed by atoms with Gasteiger partial charge in [0.05, 0.1) is 6.04 Å². The molecule has 0 fully saturated rings. The van der Waals surface area contributed by atoms with Crippen molar-refractivity contribution in [2.45, 2.75) is 38.8 Å². The van der Waals surface area contributed by atoms with E-state index in [9.17, 15) is 4.79 Å². The molecule has 1 atom stereocenters. The summed E-state index contributed by atoms with van der Waals surface area (Å²) in [6.45, 7) is 5.90. The average molecular weight is 360 g/mol. The fourth-order valence-electron chi connectivity index (χ4n) is 3.02. The van der Waals surface area contributed by atoms with Crippen molar-refractivity contribution in [2.75, 3.05) is 6.61 Å². The molecule has 0 saturated carbocycles. The van der Waals surface area contributed by atoms with Crippen molar-refractivity contribution >= 4 is 17.5 Å². The van der Waals surface area contributed by atoms with Gasteiger partial charge in [-0.15, -0.1) is 0 Å². The highest BCUT2D eigenvalue weighted by molar-refractivity contribution is 6.31. The Bertz CT molecular complexity index is 788. The van der Waals surface area contributed by atoms with Gasteiger partial charge in [0.2, 0.25) is 0 Å². The number of carbonyl (C=O) groups excluding carboxylic acids is 1. The number of amides is 1. The molecule has 0 bridgehead atoms. The van der Waals surface area contributed by atoms with E-state index in [1.807, 2.05) is 51.1 Å². The largest absolute Gasteiger partial charge is 0.487 e. The predicted octanol–water partition coefficient (Wildman–Crippen LogP) is 4.45. The molecule has 5 heteroatoms. The van der Waals surface area contributed by atoms with Crippen LogP contribution in [0.5, 0.6) is 11.5 Å². The minimum absolute atomic E-state index is 0.0406. The van der Waals surface area contributed by atoms with Gasteiger partial charge in [-0.05, 0) is 50.6 Å². The van der Waals surface area contributed by atoms with Crippen molar-refractivity contribution in [3.63, 3.8) is 0 Å². The first-order valence-electron chi connectivity index (χ1n) is 8.30. The van der Waals surface area contributed by atoms with E-state index in [0.717, 1.165) is 16.9 Å². The molecule has 0 saturated heterocycles. The highest BCUT2D eigenvalue weighted by Gasteiger charge is 2.34. The number of rotatable bonds is 4. The molecule has 2 aromatic rings. The normalized spacial score (nSPS) is 18.0. The first-order chi connectivity index (χ1) is 11.8. The number of para-hydroxylation sites is 1. The third kappa shape index (κ3) is 4.26. The van der Waals surface area contributed by atoms with Crippen LogP contribution in [0.1, 0.15) is 37.4 Å². The Morgan fingerprint density at radius 1 is 1.32 bits per heavy atom. The Morgan fingerprint density at radius 2 is 2.08 bits per heavy atom. The SMILES string of the molecule is Cc1cc(OCC(=O)NC2CC(C)(C)Oc3ccccc32)ccc1Cl. The summed E-state index contributed by atoms with van der Waals surface area (Å²) in [5, 5.41) is 3.74. The Balaban J connectivity index is 1.65. The lowest BCUT2D eigenvalue weighted by atomic mass is 9.90. The number of hydrogen-bond acceptors (Lipinski definition) is 3. The standard InChI is InChI=1S/C20H22ClNO3/c1-13-10-14(8-9-16(13)21)24-12-19(23)22-17-11-20(2,3)25-18-7-5-4-6-15(17)18/h4-10,17H,11-12H2,1-3H3,(H,22,23). The molecular weight excluding hydrogens is 338 g/mol. The molecule has 1 heterocycles. The van der Waals surface area contributed by atoms with Crippen molar-refractivity contribution in [1.29, 1.82) is 0 Å². The van der Waals surface area contributed by atoms with Crippen molar-refractivity contribution < 1.29 is 14.3 Å². The van der Waals surface area contributed by atoms with Gasteiger partial charge in [-0.1, -0.05) is 29.8 Å². The second kappa shape index (κ2) is 6.96. The van der Waals surface area contributed by atoms with Crippen LogP contribution in [-0.4, -0.2) is 18.1 Å². The van der Waals surface area contributed by atoms with Gasteiger partial charge in [-0.2, -0.15) is 0 Å². The van der Waals surface area contributed by atoms with E-state index in [1.165, 1.54) is 0 Å². The lowest BCUT2D eigenvalue weighted by Crippen LogP contribution is -2.42. The maximum absolute atomic E-state index is 12.4. The fourth-order valence-corrected chi connectivity index (χ4v) is 3.14. The van der Waals surface area contributed by atoms with Gasteiger partial charge < -0.3 is 14.8 Å². The first kappa shape index (κ1) is 17.6. The summed E-state index contributed by atoms with van der Waals surface area (Å²) in [6.07, 6.45) is 0.704. The average Bonchev–Trinajstić information content (AvgIpc) is 2.55. The lowest BCUT2D eigenvalue weighted by molar-refractivity contribution is -0.124. The third-order valence-corrected chi connectivity index (χ3v) is 4.64. The summed E-state index contributed by atoms with van der Waals surface area (Å²) in [5.74, 6) is 1.29. The van der Waals surface area contributed by atoms with E-state index < -0.39 is 0 Å². The highest BCUT2D eigenvalue weighted by Crippen LogP contribution is 2.39. The van der Waals surface area contributed by atoms with Gasteiger partial charge >= 0.3 is 0 Å². The van der Waals surface area contributed by atoms with Crippen molar-refractivity contribution in [1.82, 2.24) is 5.32 Å². The first-order valence-corrected chi connectivity index (χ1v) is 8.68. The van der Waals surface area contributed by atoms with Gasteiger partial charge in [0.15, 0.2) is 6.61 Å². The molecule has 25 heavy (non-hydrogen) atoms. The van der Waals surface area contributed by atoms with E-state index in [1.54, 1.807) is 12.1 Å². The van der Waals surface area contributed by atoms with Gasteiger partial charge in [-0.25, -0.2) is 0 Å². The van der Waals surface area contributed by atoms with E-state index in [-0.39, 0.29) is 24.2 Å². The second-order valence-corrected chi connectivity index (χ2v) is 7.33. The van der Waals surface area contributed by atoms with Crippen LogP contribution in [0.3, 0.4) is 0 Å². The van der Waals surface area contributed by atoms with Crippen LogP contribution in [0.25, 0.3) is 0 Å². The van der Waals surface area contributed by atoms with Gasteiger partial charge in [-0.3, -0.25) is 4.79 Å². The monoisotopic (exact) mass is 359 g/mol. The van der Waals surface area contributed by atoms with Gasteiger partial charge in [0.25, 0.3) is 5.91 Å². The quantitative estimate of drug-likeness (QED) is 0.877. The molecule has 0 radical (unpaired) electrons. The number of benzene rings is 2. The zero-order valence-electron chi connectivity index (χ0n) is 14.6. The molecule has 0 spiro atoms. The minimum Gasteiger partial charge on any atom is -0.487 e. The molecule has 3 rings (SSSR count). The number of fused-ring (bicyclic) bond motifs is 1. The van der Waals surface area contributed by atoms with E-state index in [0.29, 0.717) is 17.2 Å². The van der Waals surface area contributed by atoms with Crippen LogP contribution in [-0.2, 0) is 4.79 Å². The van der Waals surface area contributed by atoms with E-state index in [4.69, 9.17) is 21.1 Å². The van der Waals surface area contributed by atoms with Crippen molar-refractivity contribution in [3.8, 4) is 11.5 Å². The summed E-state index contributed by atoms with van der Waals surface area (Å²) in [4.78, 5) is 12.4.